The average molecular weight is 859 g/mol. The van der Waals surface area contributed by atoms with Crippen LogP contribution < -0.4 is 0 Å². The van der Waals surface area contributed by atoms with Gasteiger partial charge in [-0.15, -0.1) is 0 Å². The molecule has 1 unspecified atom stereocenters. The summed E-state index contributed by atoms with van der Waals surface area (Å²) in [6.07, 6.45) is 66.4. The molecule has 0 spiro atoms. The highest BCUT2D eigenvalue weighted by atomic mass is 16.6. The number of allylic oxidation sites excluding steroid dienone is 18. The molecule has 1 atom stereocenters. The van der Waals surface area contributed by atoms with Gasteiger partial charge in [0.2, 0.25) is 0 Å². The molecule has 0 aliphatic carbocycles. The predicted molar refractivity (Wildman–Crippen MR) is 265 cm³/mol. The quantitative estimate of drug-likeness (QED) is 0.0200. The van der Waals surface area contributed by atoms with E-state index in [1.54, 1.807) is 0 Å². The summed E-state index contributed by atoms with van der Waals surface area (Å²) in [5, 5.41) is 0. The topological polar surface area (TPSA) is 78.9 Å². The van der Waals surface area contributed by atoms with Crippen LogP contribution in [0.1, 0.15) is 207 Å². The van der Waals surface area contributed by atoms with Gasteiger partial charge in [0.15, 0.2) is 6.10 Å². The zero-order valence-corrected chi connectivity index (χ0v) is 39.8. The fourth-order valence-corrected chi connectivity index (χ4v) is 6.41. The zero-order chi connectivity index (χ0) is 45.1. The molecular formula is C56H90O6. The molecule has 6 nitrogen and oxygen atoms in total. The van der Waals surface area contributed by atoms with Crippen LogP contribution in [0, 0.1) is 0 Å². The first-order valence-electron chi connectivity index (χ1n) is 24.9. The molecule has 0 rings (SSSR count). The van der Waals surface area contributed by atoms with Crippen molar-refractivity contribution in [3.05, 3.63) is 109 Å². The van der Waals surface area contributed by atoms with E-state index in [9.17, 15) is 14.4 Å². The largest absolute Gasteiger partial charge is 0.462 e. The van der Waals surface area contributed by atoms with Gasteiger partial charge in [-0.25, -0.2) is 0 Å². The van der Waals surface area contributed by atoms with Gasteiger partial charge < -0.3 is 14.2 Å². The first-order valence-corrected chi connectivity index (χ1v) is 24.9. The number of unbranched alkanes of at least 4 members (excludes halogenated alkanes) is 16. The molecule has 350 valence electrons. The van der Waals surface area contributed by atoms with E-state index in [-0.39, 0.29) is 31.1 Å². The van der Waals surface area contributed by atoms with Gasteiger partial charge in [-0.2, -0.15) is 0 Å². The summed E-state index contributed by atoms with van der Waals surface area (Å²) in [5.41, 5.74) is 0. The van der Waals surface area contributed by atoms with Crippen LogP contribution in [0.25, 0.3) is 0 Å². The van der Waals surface area contributed by atoms with E-state index in [1.807, 2.05) is 0 Å². The lowest BCUT2D eigenvalue weighted by molar-refractivity contribution is -0.167. The van der Waals surface area contributed by atoms with Crippen molar-refractivity contribution in [2.24, 2.45) is 0 Å². The van der Waals surface area contributed by atoms with E-state index in [0.717, 1.165) is 154 Å². The maximum atomic E-state index is 12.8. The van der Waals surface area contributed by atoms with Gasteiger partial charge in [-0.05, 0) is 103 Å². The van der Waals surface area contributed by atoms with Gasteiger partial charge in [-0.3, -0.25) is 14.4 Å². The SMILES string of the molecule is CC\C=C/C=C\C=C/CCCCCCCC(=O)OC(COC(=O)CCCCCCC/C=C\C/C=C\CC)COC(=O)CCCCCCCC/C=C\C/C=C\C/C=C\C/C=C\CC. The van der Waals surface area contributed by atoms with Crippen molar-refractivity contribution in [1.29, 1.82) is 0 Å². The fourth-order valence-electron chi connectivity index (χ4n) is 6.41. The molecule has 62 heavy (non-hydrogen) atoms. The summed E-state index contributed by atoms with van der Waals surface area (Å²) >= 11 is 0. The van der Waals surface area contributed by atoms with E-state index >= 15 is 0 Å². The van der Waals surface area contributed by atoms with Crippen LogP contribution in [0.15, 0.2) is 109 Å². The van der Waals surface area contributed by atoms with Crippen molar-refractivity contribution < 1.29 is 28.6 Å². The number of ether oxygens (including phenoxy) is 3. The summed E-state index contributed by atoms with van der Waals surface area (Å²) in [5.74, 6) is -0.957. The lowest BCUT2D eigenvalue weighted by Gasteiger charge is -2.18. The van der Waals surface area contributed by atoms with Crippen LogP contribution in [0.2, 0.25) is 0 Å². The van der Waals surface area contributed by atoms with Crippen molar-refractivity contribution in [2.75, 3.05) is 13.2 Å². The van der Waals surface area contributed by atoms with Gasteiger partial charge in [0.25, 0.3) is 0 Å². The first-order chi connectivity index (χ1) is 30.5. The maximum Gasteiger partial charge on any atom is 0.306 e. The van der Waals surface area contributed by atoms with Gasteiger partial charge in [0, 0.05) is 19.3 Å². The maximum absolute atomic E-state index is 12.8. The summed E-state index contributed by atoms with van der Waals surface area (Å²) in [7, 11) is 0. The molecule has 6 heteroatoms. The predicted octanol–water partition coefficient (Wildman–Crippen LogP) is 16.4. The van der Waals surface area contributed by atoms with Crippen LogP contribution in [-0.4, -0.2) is 37.2 Å². The highest BCUT2D eigenvalue weighted by molar-refractivity contribution is 5.71. The van der Waals surface area contributed by atoms with Crippen LogP contribution in [-0.2, 0) is 28.6 Å². The van der Waals surface area contributed by atoms with Gasteiger partial charge >= 0.3 is 17.9 Å². The minimum absolute atomic E-state index is 0.101. The second-order valence-corrected chi connectivity index (χ2v) is 16.0. The standard InChI is InChI=1S/C56H90O6/c1-4-7-10-13-16-19-22-25-26-27-28-29-30-32-34-37-40-43-46-49-55(58)61-52-53(51-60-54(57)48-45-42-39-36-33-24-21-18-15-12-9-6-3)62-56(59)50-47-44-41-38-35-31-23-20-17-14-11-8-5-2/h7-12,14,16-21,23,25-26,28-29,53H,4-6,13,15,22,24,27,30-52H2,1-3H3/b10-7-,11-8-,12-9-,17-14-,19-16-,21-18-,23-20-,26-25-,29-28-. The Hall–Kier alpha value is -3.93. The Balaban J connectivity index is 4.44. The number of esters is 3. The minimum Gasteiger partial charge on any atom is -0.462 e. The molecule has 0 heterocycles. The lowest BCUT2D eigenvalue weighted by Crippen LogP contribution is -2.30. The van der Waals surface area contributed by atoms with Gasteiger partial charge in [-0.1, -0.05) is 194 Å². The Morgan fingerprint density at radius 1 is 0.339 bits per heavy atom. The van der Waals surface area contributed by atoms with Gasteiger partial charge in [0.05, 0.1) is 0 Å². The van der Waals surface area contributed by atoms with Gasteiger partial charge in [0.1, 0.15) is 13.2 Å². The van der Waals surface area contributed by atoms with Crippen molar-refractivity contribution in [3.63, 3.8) is 0 Å². The number of hydrogen-bond acceptors (Lipinski definition) is 6. The molecule has 0 radical (unpaired) electrons. The smallest absolute Gasteiger partial charge is 0.306 e. The number of carbonyl (C=O) groups excluding carboxylic acids is 3. The van der Waals surface area contributed by atoms with Crippen molar-refractivity contribution in [2.45, 2.75) is 213 Å². The molecule has 0 aliphatic heterocycles. The highest BCUT2D eigenvalue weighted by Gasteiger charge is 2.19. The van der Waals surface area contributed by atoms with E-state index in [2.05, 4.69) is 130 Å². The van der Waals surface area contributed by atoms with Crippen molar-refractivity contribution >= 4 is 17.9 Å². The third-order valence-corrected chi connectivity index (χ3v) is 10.1. The summed E-state index contributed by atoms with van der Waals surface area (Å²) < 4.78 is 16.7. The van der Waals surface area contributed by atoms with Crippen molar-refractivity contribution in [1.82, 2.24) is 0 Å². The highest BCUT2D eigenvalue weighted by Crippen LogP contribution is 2.13. The minimum atomic E-state index is -0.801. The molecule has 0 amide bonds. The van der Waals surface area contributed by atoms with Crippen LogP contribution >= 0.6 is 0 Å². The second kappa shape index (κ2) is 49.7. The van der Waals surface area contributed by atoms with Crippen LogP contribution in [0.4, 0.5) is 0 Å². The number of rotatable bonds is 43. The number of carbonyl (C=O) groups is 3. The summed E-state index contributed by atoms with van der Waals surface area (Å²) in [4.78, 5) is 37.9. The molecule has 0 aliphatic rings. The molecule has 0 N–H and O–H groups in total. The van der Waals surface area contributed by atoms with E-state index in [4.69, 9.17) is 14.2 Å². The first kappa shape index (κ1) is 58.1. The average Bonchev–Trinajstić information content (AvgIpc) is 3.27. The Labute approximate surface area is 380 Å². The molecule has 0 saturated heterocycles. The Morgan fingerprint density at radius 2 is 0.661 bits per heavy atom. The third-order valence-electron chi connectivity index (χ3n) is 10.1. The second-order valence-electron chi connectivity index (χ2n) is 16.0. The Kier molecular flexibility index (Phi) is 46.6. The van der Waals surface area contributed by atoms with E-state index in [1.165, 1.54) is 12.8 Å². The molecule has 0 aromatic rings. The molecule has 0 aromatic carbocycles. The molecule has 0 aromatic heterocycles. The molecular weight excluding hydrogens is 769 g/mol. The summed E-state index contributed by atoms with van der Waals surface area (Å²) in [6.45, 7) is 6.22. The fraction of sp³-hybridized carbons (Fsp3) is 0.625. The zero-order valence-electron chi connectivity index (χ0n) is 39.8. The monoisotopic (exact) mass is 859 g/mol. The Morgan fingerprint density at radius 3 is 1.08 bits per heavy atom. The van der Waals surface area contributed by atoms with Crippen LogP contribution in [0.3, 0.4) is 0 Å². The van der Waals surface area contributed by atoms with Crippen LogP contribution in [0.5, 0.6) is 0 Å². The van der Waals surface area contributed by atoms with Crippen molar-refractivity contribution in [3.8, 4) is 0 Å². The molecule has 0 bridgehead atoms. The molecule has 0 saturated carbocycles. The van der Waals surface area contributed by atoms with E-state index in [0.29, 0.717) is 19.3 Å². The molecule has 0 fully saturated rings. The Bertz CT molecular complexity index is 1310. The van der Waals surface area contributed by atoms with E-state index < -0.39 is 6.10 Å². The third kappa shape index (κ3) is 47.1. The normalized spacial score (nSPS) is 13.0. The summed E-state index contributed by atoms with van der Waals surface area (Å²) in [6, 6.07) is 0. The lowest BCUT2D eigenvalue weighted by atomic mass is 10.1. The number of hydrogen-bond donors (Lipinski definition) is 0.